The molecule has 0 atom stereocenters. The minimum absolute atomic E-state index is 0.193. The lowest BCUT2D eigenvalue weighted by Crippen LogP contribution is -2.12. The predicted octanol–water partition coefficient (Wildman–Crippen LogP) is 3.57. The highest BCUT2D eigenvalue weighted by Crippen LogP contribution is 2.24. The van der Waals surface area contributed by atoms with Gasteiger partial charge >= 0.3 is 0 Å². The summed E-state index contributed by atoms with van der Waals surface area (Å²) in [5.41, 5.74) is 2.57. The number of fused-ring (bicyclic) bond motifs is 1. The highest BCUT2D eigenvalue weighted by Gasteiger charge is 2.05. The summed E-state index contributed by atoms with van der Waals surface area (Å²) in [5, 5.41) is 3.45. The third-order valence-corrected chi connectivity index (χ3v) is 2.85. The second-order valence-corrected chi connectivity index (χ2v) is 4.24. The Kier molecular flexibility index (Phi) is 3.28. The Morgan fingerprint density at radius 3 is 2.65 bits per heavy atom. The monoisotopic (exact) mass is 275 g/mol. The smallest absolute Gasteiger partial charge is 0.255 e. The van der Waals surface area contributed by atoms with E-state index < -0.39 is 13.0 Å². The molecule has 2 aromatic heterocycles. The molecule has 0 bridgehead atoms. The van der Waals surface area contributed by atoms with E-state index in [4.69, 9.17) is 4.42 Å². The molecule has 0 radical (unpaired) electrons. The molecule has 20 heavy (non-hydrogen) atoms. The van der Waals surface area contributed by atoms with Crippen molar-refractivity contribution < 1.29 is 13.2 Å². The zero-order chi connectivity index (χ0) is 13.9. The molecule has 0 spiro atoms. The summed E-state index contributed by atoms with van der Waals surface area (Å²) in [4.78, 5) is 8.03. The summed E-state index contributed by atoms with van der Waals surface area (Å²) >= 11 is 0. The molecule has 1 N–H and O–H groups in total. The normalized spacial score (nSPS) is 11.2. The van der Waals surface area contributed by atoms with Crippen LogP contribution in [-0.4, -0.2) is 22.9 Å². The van der Waals surface area contributed by atoms with Crippen molar-refractivity contribution >= 4 is 16.9 Å². The van der Waals surface area contributed by atoms with Crippen molar-refractivity contribution in [1.29, 1.82) is 0 Å². The van der Waals surface area contributed by atoms with Gasteiger partial charge in [0.15, 0.2) is 0 Å². The van der Waals surface area contributed by atoms with Crippen LogP contribution in [0.4, 0.5) is 14.7 Å². The van der Waals surface area contributed by atoms with Crippen molar-refractivity contribution in [2.45, 2.75) is 6.43 Å². The molecule has 2 heterocycles. The van der Waals surface area contributed by atoms with Gasteiger partial charge in [0.1, 0.15) is 5.58 Å². The maximum atomic E-state index is 12.1. The number of nitrogens with one attached hydrogen (secondary N) is 1. The van der Waals surface area contributed by atoms with E-state index in [-0.39, 0.29) is 5.95 Å². The predicted molar refractivity (Wildman–Crippen MR) is 71.7 cm³/mol. The van der Waals surface area contributed by atoms with Crippen molar-refractivity contribution in [3.05, 3.63) is 42.9 Å². The Hall–Kier alpha value is -2.50. The van der Waals surface area contributed by atoms with E-state index in [1.54, 1.807) is 18.7 Å². The topological polar surface area (TPSA) is 51.0 Å². The average molecular weight is 275 g/mol. The van der Waals surface area contributed by atoms with Crippen LogP contribution in [0, 0.1) is 0 Å². The fourth-order valence-electron chi connectivity index (χ4n) is 1.88. The molecule has 3 rings (SSSR count). The zero-order valence-electron chi connectivity index (χ0n) is 10.4. The van der Waals surface area contributed by atoms with E-state index in [9.17, 15) is 8.78 Å². The van der Waals surface area contributed by atoms with Crippen LogP contribution < -0.4 is 5.32 Å². The number of halogens is 2. The second kappa shape index (κ2) is 5.24. The van der Waals surface area contributed by atoms with Crippen LogP contribution in [0.3, 0.4) is 0 Å². The number of anilines is 1. The van der Waals surface area contributed by atoms with Gasteiger partial charge in [-0.05, 0) is 23.8 Å². The van der Waals surface area contributed by atoms with E-state index in [2.05, 4.69) is 15.3 Å². The number of benzene rings is 1. The van der Waals surface area contributed by atoms with E-state index in [1.807, 2.05) is 24.3 Å². The summed E-state index contributed by atoms with van der Waals surface area (Å²) in [6, 6.07) is 7.60. The molecule has 0 saturated heterocycles. The molecule has 0 aliphatic carbocycles. The molecular formula is C14H11F2N3O. The quantitative estimate of drug-likeness (QED) is 0.790. The lowest BCUT2D eigenvalue weighted by atomic mass is 10.1. The molecule has 6 heteroatoms. The molecular weight excluding hydrogens is 264 g/mol. The Labute approximate surface area is 113 Å². The first-order chi connectivity index (χ1) is 9.72. The van der Waals surface area contributed by atoms with Crippen LogP contribution in [0.25, 0.3) is 22.1 Å². The van der Waals surface area contributed by atoms with Crippen LogP contribution in [-0.2, 0) is 0 Å². The fourth-order valence-corrected chi connectivity index (χ4v) is 1.88. The van der Waals surface area contributed by atoms with Crippen molar-refractivity contribution in [3.8, 4) is 11.1 Å². The lowest BCUT2D eigenvalue weighted by Gasteiger charge is -2.05. The van der Waals surface area contributed by atoms with E-state index >= 15 is 0 Å². The van der Waals surface area contributed by atoms with Gasteiger partial charge in [-0.1, -0.05) is 6.07 Å². The first-order valence-electron chi connectivity index (χ1n) is 6.04. The summed E-state index contributed by atoms with van der Waals surface area (Å²) in [7, 11) is 0. The summed E-state index contributed by atoms with van der Waals surface area (Å²) < 4.78 is 29.4. The second-order valence-electron chi connectivity index (χ2n) is 4.24. The van der Waals surface area contributed by atoms with Gasteiger partial charge in [-0.25, -0.2) is 18.7 Å². The SMILES string of the molecule is FC(F)CNc1ncc(-c2ccc3occc3c2)cn1. The highest BCUT2D eigenvalue weighted by atomic mass is 19.3. The van der Waals surface area contributed by atoms with Crippen LogP contribution in [0.15, 0.2) is 47.3 Å². The van der Waals surface area contributed by atoms with Gasteiger partial charge < -0.3 is 9.73 Å². The molecule has 0 aliphatic rings. The number of aromatic nitrogens is 2. The third kappa shape index (κ3) is 2.59. The number of rotatable bonds is 4. The molecule has 0 unspecified atom stereocenters. The maximum Gasteiger partial charge on any atom is 0.255 e. The summed E-state index contributed by atoms with van der Waals surface area (Å²) in [5.74, 6) is 0.193. The van der Waals surface area contributed by atoms with Crippen LogP contribution in [0.2, 0.25) is 0 Å². The number of furan rings is 1. The van der Waals surface area contributed by atoms with Gasteiger partial charge in [0.05, 0.1) is 12.8 Å². The van der Waals surface area contributed by atoms with Crippen LogP contribution >= 0.6 is 0 Å². The summed E-state index contributed by atoms with van der Waals surface area (Å²) in [6.45, 7) is -0.458. The van der Waals surface area contributed by atoms with E-state index in [0.29, 0.717) is 0 Å². The highest BCUT2D eigenvalue weighted by molar-refractivity contribution is 5.83. The van der Waals surface area contributed by atoms with Gasteiger partial charge in [-0.2, -0.15) is 0 Å². The van der Waals surface area contributed by atoms with Crippen molar-refractivity contribution in [1.82, 2.24) is 9.97 Å². The zero-order valence-corrected chi connectivity index (χ0v) is 10.4. The van der Waals surface area contributed by atoms with Gasteiger partial charge in [0.25, 0.3) is 6.43 Å². The Morgan fingerprint density at radius 2 is 1.90 bits per heavy atom. The lowest BCUT2D eigenvalue weighted by molar-refractivity contribution is 0.163. The molecule has 102 valence electrons. The molecule has 0 fully saturated rings. The maximum absolute atomic E-state index is 12.1. The first kappa shape index (κ1) is 12.5. The number of alkyl halides is 2. The van der Waals surface area contributed by atoms with Crippen LogP contribution in [0.1, 0.15) is 0 Å². The fraction of sp³-hybridized carbons (Fsp3) is 0.143. The van der Waals surface area contributed by atoms with Crippen LogP contribution in [0.5, 0.6) is 0 Å². The first-order valence-corrected chi connectivity index (χ1v) is 6.04. The Bertz CT molecular complexity index is 710. The number of hydrogen-bond donors (Lipinski definition) is 1. The Balaban J connectivity index is 1.82. The molecule has 3 aromatic rings. The van der Waals surface area contributed by atoms with E-state index in [1.165, 1.54) is 0 Å². The largest absolute Gasteiger partial charge is 0.464 e. The molecule has 0 aliphatic heterocycles. The third-order valence-electron chi connectivity index (χ3n) is 2.85. The van der Waals surface area contributed by atoms with Crippen molar-refractivity contribution in [2.24, 2.45) is 0 Å². The summed E-state index contributed by atoms with van der Waals surface area (Å²) in [6.07, 6.45) is 2.40. The molecule has 1 aromatic carbocycles. The minimum atomic E-state index is -2.43. The number of nitrogens with zero attached hydrogens (tertiary/aromatic N) is 2. The molecule has 4 nitrogen and oxygen atoms in total. The average Bonchev–Trinajstić information content (AvgIpc) is 2.93. The number of hydrogen-bond acceptors (Lipinski definition) is 4. The van der Waals surface area contributed by atoms with Gasteiger partial charge in [0, 0.05) is 23.3 Å². The van der Waals surface area contributed by atoms with Crippen molar-refractivity contribution in [2.75, 3.05) is 11.9 Å². The molecule has 0 amide bonds. The van der Waals surface area contributed by atoms with Gasteiger partial charge in [-0.15, -0.1) is 0 Å². The van der Waals surface area contributed by atoms with Crippen molar-refractivity contribution in [3.63, 3.8) is 0 Å². The van der Waals surface area contributed by atoms with Gasteiger partial charge in [0.2, 0.25) is 5.95 Å². The molecule has 0 saturated carbocycles. The minimum Gasteiger partial charge on any atom is -0.464 e. The Morgan fingerprint density at radius 1 is 1.10 bits per heavy atom. The standard InChI is InChI=1S/C14H11F2N3O/c15-13(16)8-19-14-17-6-11(7-18-14)9-1-2-12-10(5-9)3-4-20-12/h1-7,13H,8H2,(H,17,18,19). The van der Waals surface area contributed by atoms with E-state index in [0.717, 1.165) is 22.1 Å². The van der Waals surface area contributed by atoms with Gasteiger partial charge in [-0.3, -0.25) is 0 Å².